The smallest absolute Gasteiger partial charge is 0.220 e. The number of carbonyl (C=O) groups excluding carboxylic acids is 1. The summed E-state index contributed by atoms with van der Waals surface area (Å²) >= 11 is 0. The monoisotopic (exact) mass is 313 g/mol. The average Bonchev–Trinajstić information content (AvgIpc) is 2.59. The predicted molar refractivity (Wildman–Crippen MR) is 90.7 cm³/mol. The number of carbonyl (C=O) groups is 1. The van der Waals surface area contributed by atoms with Crippen molar-refractivity contribution in [1.29, 1.82) is 0 Å². The molecule has 2 aromatic rings. The second-order valence-electron chi connectivity index (χ2n) is 5.39. The molecule has 0 saturated heterocycles. The summed E-state index contributed by atoms with van der Waals surface area (Å²) in [6, 6.07) is 15.6. The third kappa shape index (κ3) is 6.02. The summed E-state index contributed by atoms with van der Waals surface area (Å²) in [5.74, 6) is 1.63. The summed E-state index contributed by atoms with van der Waals surface area (Å²) < 4.78 is 10.7. The van der Waals surface area contributed by atoms with Gasteiger partial charge in [-0.2, -0.15) is 0 Å². The predicted octanol–water partition coefficient (Wildman–Crippen LogP) is 3.48. The first kappa shape index (κ1) is 16.9. The molecule has 4 heteroatoms. The van der Waals surface area contributed by atoms with Crippen LogP contribution < -0.4 is 14.8 Å². The Morgan fingerprint density at radius 1 is 1.00 bits per heavy atom. The van der Waals surface area contributed by atoms with Crippen LogP contribution in [0, 0.1) is 6.92 Å². The Hall–Kier alpha value is -2.49. The van der Waals surface area contributed by atoms with Crippen LogP contribution in [-0.2, 0) is 11.3 Å². The molecule has 0 aliphatic carbocycles. The minimum Gasteiger partial charge on any atom is -0.497 e. The Morgan fingerprint density at radius 3 is 2.30 bits per heavy atom. The first-order chi connectivity index (χ1) is 11.2. The lowest BCUT2D eigenvalue weighted by atomic mass is 10.1. The van der Waals surface area contributed by atoms with E-state index in [2.05, 4.69) is 5.32 Å². The van der Waals surface area contributed by atoms with Crippen molar-refractivity contribution in [3.8, 4) is 11.5 Å². The minimum atomic E-state index is 0.0453. The Kier molecular flexibility index (Phi) is 6.48. The van der Waals surface area contributed by atoms with E-state index in [1.54, 1.807) is 7.11 Å². The number of hydrogen-bond donors (Lipinski definition) is 1. The zero-order valence-electron chi connectivity index (χ0n) is 13.7. The van der Waals surface area contributed by atoms with Crippen molar-refractivity contribution in [2.75, 3.05) is 13.7 Å². The van der Waals surface area contributed by atoms with E-state index < -0.39 is 0 Å². The van der Waals surface area contributed by atoms with E-state index in [9.17, 15) is 4.79 Å². The highest BCUT2D eigenvalue weighted by Gasteiger charge is 2.02. The van der Waals surface area contributed by atoms with E-state index in [0.717, 1.165) is 17.1 Å². The Morgan fingerprint density at radius 2 is 1.65 bits per heavy atom. The number of nitrogens with one attached hydrogen (secondary N) is 1. The Bertz CT molecular complexity index is 606. The van der Waals surface area contributed by atoms with E-state index in [1.165, 1.54) is 5.56 Å². The van der Waals surface area contributed by atoms with E-state index >= 15 is 0 Å². The zero-order chi connectivity index (χ0) is 16.5. The van der Waals surface area contributed by atoms with E-state index in [-0.39, 0.29) is 5.91 Å². The molecule has 0 unspecified atom stereocenters. The van der Waals surface area contributed by atoms with Crippen molar-refractivity contribution in [3.63, 3.8) is 0 Å². The molecule has 2 aromatic carbocycles. The van der Waals surface area contributed by atoms with E-state index in [4.69, 9.17) is 9.47 Å². The molecule has 1 N–H and O–H groups in total. The number of rotatable bonds is 8. The van der Waals surface area contributed by atoms with Gasteiger partial charge in [0.05, 0.1) is 13.7 Å². The van der Waals surface area contributed by atoms with Gasteiger partial charge in [-0.15, -0.1) is 0 Å². The second kappa shape index (κ2) is 8.83. The molecule has 0 heterocycles. The third-order valence-electron chi connectivity index (χ3n) is 3.49. The van der Waals surface area contributed by atoms with Crippen LogP contribution in [0.15, 0.2) is 48.5 Å². The second-order valence-corrected chi connectivity index (χ2v) is 5.39. The summed E-state index contributed by atoms with van der Waals surface area (Å²) in [5.41, 5.74) is 2.33. The molecule has 0 saturated carbocycles. The van der Waals surface area contributed by atoms with Gasteiger partial charge in [-0.3, -0.25) is 4.79 Å². The Labute approximate surface area is 137 Å². The molecule has 0 aliphatic heterocycles. The Balaban J connectivity index is 1.61. The number of ether oxygens (including phenoxy) is 2. The molecule has 4 nitrogen and oxygen atoms in total. The SMILES string of the molecule is COc1ccc(OCCCC(=O)NCc2ccc(C)cc2)cc1. The molecular formula is C19H23NO3. The summed E-state index contributed by atoms with van der Waals surface area (Å²) in [6.07, 6.45) is 1.15. The van der Waals surface area contributed by atoms with Crippen molar-refractivity contribution >= 4 is 5.91 Å². The number of aryl methyl sites for hydroxylation is 1. The first-order valence-corrected chi connectivity index (χ1v) is 7.76. The molecule has 23 heavy (non-hydrogen) atoms. The highest BCUT2D eigenvalue weighted by molar-refractivity contribution is 5.75. The maximum atomic E-state index is 11.8. The first-order valence-electron chi connectivity index (χ1n) is 7.76. The number of methoxy groups -OCH3 is 1. The van der Waals surface area contributed by atoms with Crippen molar-refractivity contribution in [2.45, 2.75) is 26.3 Å². The average molecular weight is 313 g/mol. The van der Waals surface area contributed by atoms with Gasteiger partial charge in [0.1, 0.15) is 11.5 Å². The van der Waals surface area contributed by atoms with Crippen molar-refractivity contribution in [2.24, 2.45) is 0 Å². The summed E-state index contributed by atoms with van der Waals surface area (Å²) in [5, 5.41) is 2.92. The molecule has 0 fully saturated rings. The molecule has 0 radical (unpaired) electrons. The fourth-order valence-electron chi connectivity index (χ4n) is 2.09. The van der Waals surface area contributed by atoms with Crippen LogP contribution in [0.1, 0.15) is 24.0 Å². The fourth-order valence-corrected chi connectivity index (χ4v) is 2.09. The van der Waals surface area contributed by atoms with Gasteiger partial charge in [-0.1, -0.05) is 29.8 Å². The van der Waals surface area contributed by atoms with Gasteiger partial charge < -0.3 is 14.8 Å². The normalized spacial score (nSPS) is 10.2. The van der Waals surface area contributed by atoms with Gasteiger partial charge in [0.2, 0.25) is 5.91 Å². The molecule has 0 atom stereocenters. The summed E-state index contributed by atoms with van der Waals surface area (Å²) in [7, 11) is 1.63. The molecule has 0 aliphatic rings. The lowest BCUT2D eigenvalue weighted by Gasteiger charge is -2.08. The third-order valence-corrected chi connectivity index (χ3v) is 3.49. The number of benzene rings is 2. The van der Waals surface area contributed by atoms with Crippen molar-refractivity contribution < 1.29 is 14.3 Å². The fraction of sp³-hybridized carbons (Fsp3) is 0.316. The zero-order valence-corrected chi connectivity index (χ0v) is 13.7. The molecule has 2 rings (SSSR count). The van der Waals surface area contributed by atoms with Crippen molar-refractivity contribution in [1.82, 2.24) is 5.32 Å². The van der Waals surface area contributed by atoms with Gasteiger partial charge >= 0.3 is 0 Å². The standard InChI is InChI=1S/C19H23NO3/c1-15-5-7-16(8-6-15)14-20-19(21)4-3-13-23-18-11-9-17(22-2)10-12-18/h5-12H,3-4,13-14H2,1-2H3,(H,20,21). The largest absolute Gasteiger partial charge is 0.497 e. The molecule has 122 valence electrons. The van der Waals surface area contributed by atoms with Gasteiger partial charge in [0, 0.05) is 13.0 Å². The van der Waals surface area contributed by atoms with Crippen molar-refractivity contribution in [3.05, 3.63) is 59.7 Å². The van der Waals surface area contributed by atoms with Crippen LogP contribution >= 0.6 is 0 Å². The van der Waals surface area contributed by atoms with Crippen LogP contribution in [0.25, 0.3) is 0 Å². The highest BCUT2D eigenvalue weighted by atomic mass is 16.5. The maximum absolute atomic E-state index is 11.8. The van der Waals surface area contributed by atoms with Gasteiger partial charge in [0.25, 0.3) is 0 Å². The minimum absolute atomic E-state index is 0.0453. The molecule has 0 aromatic heterocycles. The van der Waals surface area contributed by atoms with Gasteiger partial charge in [0.15, 0.2) is 0 Å². The molecule has 0 spiro atoms. The maximum Gasteiger partial charge on any atom is 0.220 e. The lowest BCUT2D eigenvalue weighted by molar-refractivity contribution is -0.121. The molecule has 0 bridgehead atoms. The summed E-state index contributed by atoms with van der Waals surface area (Å²) in [4.78, 5) is 11.8. The number of hydrogen-bond acceptors (Lipinski definition) is 3. The van der Waals surface area contributed by atoms with Crippen LogP contribution in [0.5, 0.6) is 11.5 Å². The molecule has 1 amide bonds. The van der Waals surface area contributed by atoms with E-state index in [1.807, 2.05) is 55.5 Å². The van der Waals surface area contributed by atoms with Crippen LogP contribution in [0.4, 0.5) is 0 Å². The van der Waals surface area contributed by atoms with Gasteiger partial charge in [-0.25, -0.2) is 0 Å². The molecular weight excluding hydrogens is 290 g/mol. The van der Waals surface area contributed by atoms with Crippen LogP contribution in [0.3, 0.4) is 0 Å². The number of amides is 1. The van der Waals surface area contributed by atoms with Crippen LogP contribution in [-0.4, -0.2) is 19.6 Å². The topological polar surface area (TPSA) is 47.6 Å². The summed E-state index contributed by atoms with van der Waals surface area (Å²) in [6.45, 7) is 3.13. The highest BCUT2D eigenvalue weighted by Crippen LogP contribution is 2.17. The quantitative estimate of drug-likeness (QED) is 0.759. The van der Waals surface area contributed by atoms with Gasteiger partial charge in [-0.05, 0) is 43.2 Å². The lowest BCUT2D eigenvalue weighted by Crippen LogP contribution is -2.22. The van der Waals surface area contributed by atoms with Crippen LogP contribution in [0.2, 0.25) is 0 Å². The van der Waals surface area contributed by atoms with E-state index in [0.29, 0.717) is 26.0 Å².